The lowest BCUT2D eigenvalue weighted by molar-refractivity contribution is -0.141. The van der Waals surface area contributed by atoms with Gasteiger partial charge in [-0.1, -0.05) is 0 Å². The maximum Gasteiger partial charge on any atom is 0.308 e. The Morgan fingerprint density at radius 1 is 1.32 bits per heavy atom. The third kappa shape index (κ3) is 3.61. The molecule has 0 aliphatic carbocycles. The van der Waals surface area contributed by atoms with Crippen molar-refractivity contribution in [3.63, 3.8) is 0 Å². The second-order valence-corrected chi connectivity index (χ2v) is 4.28. The molecule has 1 rings (SSSR count). The number of carboxylic acids is 1. The van der Waals surface area contributed by atoms with Gasteiger partial charge < -0.3 is 20.3 Å². The van der Waals surface area contributed by atoms with Crippen LogP contribution in [0.3, 0.4) is 0 Å². The Bertz CT molecular complexity index is 486. The predicted octanol–water partition coefficient (Wildman–Crippen LogP) is 1.24. The summed E-state index contributed by atoms with van der Waals surface area (Å²) in [4.78, 5) is 22.7. The number of carbonyl (C=O) groups is 2. The molecule has 0 aromatic heterocycles. The molecular formula is C13H17NO5. The quantitative estimate of drug-likeness (QED) is 0.746. The molecule has 3 N–H and O–H groups in total. The van der Waals surface area contributed by atoms with Gasteiger partial charge >= 0.3 is 5.97 Å². The maximum absolute atomic E-state index is 11.9. The molecule has 0 heterocycles. The summed E-state index contributed by atoms with van der Waals surface area (Å²) in [5.74, 6) is -2.00. The number of amides is 1. The number of aliphatic carboxylic acids is 1. The van der Waals surface area contributed by atoms with E-state index in [0.29, 0.717) is 0 Å². The molecule has 19 heavy (non-hydrogen) atoms. The van der Waals surface area contributed by atoms with Crippen LogP contribution in [0.15, 0.2) is 18.2 Å². The van der Waals surface area contributed by atoms with Gasteiger partial charge in [-0.15, -0.1) is 0 Å². The fourth-order valence-electron chi connectivity index (χ4n) is 1.46. The van der Waals surface area contributed by atoms with E-state index in [1.54, 1.807) is 6.92 Å². The monoisotopic (exact) mass is 267 g/mol. The van der Waals surface area contributed by atoms with Gasteiger partial charge in [-0.05, 0) is 32.0 Å². The van der Waals surface area contributed by atoms with Crippen LogP contribution >= 0.6 is 0 Å². The summed E-state index contributed by atoms with van der Waals surface area (Å²) in [5.41, 5.74) is 0.239. The van der Waals surface area contributed by atoms with E-state index < -0.39 is 23.8 Å². The molecule has 0 bridgehead atoms. The molecule has 6 nitrogen and oxygen atoms in total. The first-order valence-corrected chi connectivity index (χ1v) is 5.77. The van der Waals surface area contributed by atoms with Crippen molar-refractivity contribution in [1.82, 2.24) is 5.32 Å². The van der Waals surface area contributed by atoms with Gasteiger partial charge in [0.15, 0.2) is 11.5 Å². The van der Waals surface area contributed by atoms with Crippen molar-refractivity contribution >= 4 is 11.9 Å². The number of nitrogens with one attached hydrogen (secondary N) is 1. The van der Waals surface area contributed by atoms with Crippen molar-refractivity contribution in [2.75, 3.05) is 7.11 Å². The summed E-state index contributed by atoms with van der Waals surface area (Å²) >= 11 is 0. The Morgan fingerprint density at radius 2 is 1.95 bits per heavy atom. The first-order chi connectivity index (χ1) is 8.86. The highest BCUT2D eigenvalue weighted by Gasteiger charge is 2.21. The zero-order valence-corrected chi connectivity index (χ0v) is 11.0. The van der Waals surface area contributed by atoms with E-state index in [1.165, 1.54) is 32.2 Å². The Hall–Kier alpha value is -2.24. The largest absolute Gasteiger partial charge is 0.504 e. The highest BCUT2D eigenvalue weighted by molar-refractivity contribution is 5.95. The lowest BCUT2D eigenvalue weighted by atomic mass is 10.0. The third-order valence-corrected chi connectivity index (χ3v) is 2.94. The standard InChI is InChI=1S/C13H17NO5/c1-7(13(17)18)8(2)14-12(16)9-4-5-11(19-3)10(15)6-9/h4-8,15H,1-3H3,(H,14,16)(H,17,18). The van der Waals surface area contributed by atoms with Crippen LogP contribution in [0.25, 0.3) is 0 Å². The second-order valence-electron chi connectivity index (χ2n) is 4.28. The lowest BCUT2D eigenvalue weighted by Gasteiger charge is -2.17. The van der Waals surface area contributed by atoms with Crippen LogP contribution in [0, 0.1) is 5.92 Å². The molecule has 1 amide bonds. The van der Waals surface area contributed by atoms with Crippen LogP contribution in [0.1, 0.15) is 24.2 Å². The average molecular weight is 267 g/mol. The summed E-state index contributed by atoms with van der Waals surface area (Å²) in [6.07, 6.45) is 0. The van der Waals surface area contributed by atoms with E-state index in [-0.39, 0.29) is 17.1 Å². The number of phenols is 1. The molecule has 6 heteroatoms. The molecule has 2 atom stereocenters. The maximum atomic E-state index is 11.9. The summed E-state index contributed by atoms with van der Waals surface area (Å²) in [5, 5.41) is 21.0. The first-order valence-electron chi connectivity index (χ1n) is 5.77. The number of carbonyl (C=O) groups excluding carboxylic acids is 1. The summed E-state index contributed by atoms with van der Waals surface area (Å²) in [6.45, 7) is 3.12. The van der Waals surface area contributed by atoms with Crippen LogP contribution in [0.4, 0.5) is 0 Å². The summed E-state index contributed by atoms with van der Waals surface area (Å²) in [6, 6.07) is 3.71. The summed E-state index contributed by atoms with van der Waals surface area (Å²) in [7, 11) is 1.41. The Morgan fingerprint density at radius 3 is 2.42 bits per heavy atom. The van der Waals surface area contributed by atoms with Gasteiger partial charge in [0, 0.05) is 11.6 Å². The van der Waals surface area contributed by atoms with E-state index in [9.17, 15) is 14.7 Å². The fourth-order valence-corrected chi connectivity index (χ4v) is 1.46. The minimum Gasteiger partial charge on any atom is -0.504 e. The topological polar surface area (TPSA) is 95.9 Å². The van der Waals surface area contributed by atoms with Gasteiger partial charge in [0.1, 0.15) is 0 Å². The first kappa shape index (κ1) is 14.8. The van der Waals surface area contributed by atoms with Gasteiger partial charge in [0.05, 0.1) is 13.0 Å². The van der Waals surface area contributed by atoms with Gasteiger partial charge in [0.25, 0.3) is 5.91 Å². The molecular weight excluding hydrogens is 250 g/mol. The molecule has 0 saturated heterocycles. The van der Waals surface area contributed by atoms with Gasteiger partial charge in [-0.2, -0.15) is 0 Å². The molecule has 0 aliphatic rings. The SMILES string of the molecule is COc1ccc(C(=O)NC(C)C(C)C(=O)O)cc1O. The number of rotatable bonds is 5. The van der Waals surface area contributed by atoms with Crippen molar-refractivity contribution < 1.29 is 24.5 Å². The minimum atomic E-state index is -0.981. The number of hydrogen-bond acceptors (Lipinski definition) is 4. The number of carboxylic acid groups (broad SMARTS) is 1. The Kier molecular flexibility index (Phi) is 4.74. The van der Waals surface area contributed by atoms with Crippen molar-refractivity contribution in [1.29, 1.82) is 0 Å². The van der Waals surface area contributed by atoms with Crippen LogP contribution in [-0.2, 0) is 4.79 Å². The normalized spacial score (nSPS) is 13.4. The third-order valence-electron chi connectivity index (χ3n) is 2.94. The highest BCUT2D eigenvalue weighted by atomic mass is 16.5. The van der Waals surface area contributed by atoms with E-state index in [4.69, 9.17) is 9.84 Å². The molecule has 1 aromatic carbocycles. The van der Waals surface area contributed by atoms with Crippen LogP contribution in [-0.4, -0.2) is 35.2 Å². The van der Waals surface area contributed by atoms with Gasteiger partial charge in [0.2, 0.25) is 0 Å². The van der Waals surface area contributed by atoms with E-state index in [1.807, 2.05) is 0 Å². The Labute approximate surface area is 111 Å². The summed E-state index contributed by atoms with van der Waals surface area (Å²) < 4.78 is 4.87. The smallest absolute Gasteiger partial charge is 0.308 e. The van der Waals surface area contributed by atoms with Crippen molar-refractivity contribution in [3.05, 3.63) is 23.8 Å². The highest BCUT2D eigenvalue weighted by Crippen LogP contribution is 2.26. The molecule has 104 valence electrons. The molecule has 0 spiro atoms. The molecule has 0 radical (unpaired) electrons. The fraction of sp³-hybridized carbons (Fsp3) is 0.385. The Balaban J connectivity index is 2.78. The number of benzene rings is 1. The number of hydrogen-bond donors (Lipinski definition) is 3. The zero-order chi connectivity index (χ0) is 14.6. The number of methoxy groups -OCH3 is 1. The van der Waals surface area contributed by atoms with Crippen molar-refractivity contribution in [3.8, 4) is 11.5 Å². The van der Waals surface area contributed by atoms with E-state index in [0.717, 1.165) is 0 Å². The average Bonchev–Trinajstić information content (AvgIpc) is 2.37. The van der Waals surface area contributed by atoms with Crippen molar-refractivity contribution in [2.45, 2.75) is 19.9 Å². The van der Waals surface area contributed by atoms with Crippen LogP contribution in [0.2, 0.25) is 0 Å². The molecule has 2 unspecified atom stereocenters. The minimum absolute atomic E-state index is 0.144. The predicted molar refractivity (Wildman–Crippen MR) is 68.4 cm³/mol. The molecule has 1 aromatic rings. The molecule has 0 fully saturated rings. The zero-order valence-electron chi connectivity index (χ0n) is 11.0. The van der Waals surface area contributed by atoms with Crippen molar-refractivity contribution in [2.24, 2.45) is 5.92 Å². The van der Waals surface area contributed by atoms with E-state index >= 15 is 0 Å². The lowest BCUT2D eigenvalue weighted by Crippen LogP contribution is -2.40. The van der Waals surface area contributed by atoms with E-state index in [2.05, 4.69) is 5.32 Å². The molecule has 0 saturated carbocycles. The van der Waals surface area contributed by atoms with Crippen LogP contribution in [0.5, 0.6) is 11.5 Å². The van der Waals surface area contributed by atoms with Gasteiger partial charge in [-0.3, -0.25) is 9.59 Å². The number of aromatic hydroxyl groups is 1. The number of phenolic OH excluding ortho intramolecular Hbond substituents is 1. The second kappa shape index (κ2) is 6.08. The van der Waals surface area contributed by atoms with Gasteiger partial charge in [-0.25, -0.2) is 0 Å². The van der Waals surface area contributed by atoms with Crippen LogP contribution < -0.4 is 10.1 Å². The molecule has 0 aliphatic heterocycles. The number of ether oxygens (including phenoxy) is 1.